The molecule has 1 aromatic rings. The Balaban J connectivity index is 2.65. The van der Waals surface area contributed by atoms with E-state index in [9.17, 15) is 9.59 Å². The number of nitrogens with zero attached hydrogens (tertiary/aromatic N) is 1. The molecule has 0 aliphatic carbocycles. The third kappa shape index (κ3) is 4.39. The number of amides is 2. The zero-order valence-electron chi connectivity index (χ0n) is 11.7. The van der Waals surface area contributed by atoms with Crippen molar-refractivity contribution in [3.8, 4) is 6.07 Å². The number of nitrogens with one attached hydrogen (secondary N) is 2. The Morgan fingerprint density at radius 1 is 1.25 bits per heavy atom. The molecule has 0 saturated carbocycles. The molecule has 0 aromatic heterocycles. The summed E-state index contributed by atoms with van der Waals surface area (Å²) >= 11 is 0. The van der Waals surface area contributed by atoms with Gasteiger partial charge in [0.15, 0.2) is 0 Å². The Morgan fingerprint density at radius 2 is 1.90 bits per heavy atom. The summed E-state index contributed by atoms with van der Waals surface area (Å²) in [5.74, 6) is -1.61. The van der Waals surface area contributed by atoms with Crippen molar-refractivity contribution in [3.63, 3.8) is 0 Å². The van der Waals surface area contributed by atoms with Crippen LogP contribution in [0, 0.1) is 11.3 Å². The zero-order valence-corrected chi connectivity index (χ0v) is 11.7. The Morgan fingerprint density at radius 3 is 2.45 bits per heavy atom. The van der Waals surface area contributed by atoms with Crippen LogP contribution in [-0.2, 0) is 9.59 Å². The predicted molar refractivity (Wildman–Crippen MR) is 75.7 cm³/mol. The molecule has 2 unspecified atom stereocenters. The van der Waals surface area contributed by atoms with E-state index in [4.69, 9.17) is 5.26 Å². The number of rotatable bonds is 6. The van der Waals surface area contributed by atoms with E-state index in [0.29, 0.717) is 12.1 Å². The quantitative estimate of drug-likeness (QED) is 0.820. The first-order chi connectivity index (χ1) is 9.60. The van der Waals surface area contributed by atoms with E-state index >= 15 is 0 Å². The SMILES string of the molecule is CCCNC(=O)C(C)NC(=O)C(C#N)c1ccccc1. The van der Waals surface area contributed by atoms with Crippen LogP contribution < -0.4 is 10.6 Å². The first kappa shape index (κ1) is 15.7. The zero-order chi connectivity index (χ0) is 15.0. The first-order valence-corrected chi connectivity index (χ1v) is 6.62. The fourth-order valence-electron chi connectivity index (χ4n) is 1.69. The normalized spacial score (nSPS) is 12.8. The van der Waals surface area contributed by atoms with Crippen molar-refractivity contribution < 1.29 is 9.59 Å². The smallest absolute Gasteiger partial charge is 0.242 e. The van der Waals surface area contributed by atoms with Crippen molar-refractivity contribution in [1.82, 2.24) is 10.6 Å². The molecule has 0 aliphatic rings. The molecule has 106 valence electrons. The Labute approximate surface area is 119 Å². The van der Waals surface area contributed by atoms with Crippen molar-refractivity contribution in [2.24, 2.45) is 0 Å². The summed E-state index contributed by atoms with van der Waals surface area (Å²) < 4.78 is 0. The van der Waals surface area contributed by atoms with E-state index in [1.807, 2.05) is 19.1 Å². The van der Waals surface area contributed by atoms with Crippen molar-refractivity contribution in [3.05, 3.63) is 35.9 Å². The van der Waals surface area contributed by atoms with Crippen LogP contribution in [0.5, 0.6) is 0 Å². The molecule has 1 rings (SSSR count). The first-order valence-electron chi connectivity index (χ1n) is 6.62. The second-order valence-electron chi connectivity index (χ2n) is 4.49. The number of carbonyl (C=O) groups excluding carboxylic acids is 2. The molecule has 0 heterocycles. The van der Waals surface area contributed by atoms with Gasteiger partial charge in [0.25, 0.3) is 0 Å². The minimum absolute atomic E-state index is 0.245. The van der Waals surface area contributed by atoms with Crippen molar-refractivity contribution in [1.29, 1.82) is 5.26 Å². The van der Waals surface area contributed by atoms with Gasteiger partial charge in [-0.1, -0.05) is 37.3 Å². The van der Waals surface area contributed by atoms with Crippen LogP contribution in [0.4, 0.5) is 0 Å². The van der Waals surface area contributed by atoms with Crippen molar-refractivity contribution in [2.45, 2.75) is 32.2 Å². The largest absolute Gasteiger partial charge is 0.354 e. The maximum atomic E-state index is 12.0. The average Bonchev–Trinajstić information content (AvgIpc) is 2.46. The van der Waals surface area contributed by atoms with Gasteiger partial charge in [-0.25, -0.2) is 0 Å². The summed E-state index contributed by atoms with van der Waals surface area (Å²) in [5.41, 5.74) is 0.619. The molecule has 2 N–H and O–H groups in total. The van der Waals surface area contributed by atoms with Crippen LogP contribution >= 0.6 is 0 Å². The second kappa shape index (κ2) is 7.95. The van der Waals surface area contributed by atoms with Crippen molar-refractivity contribution >= 4 is 11.8 Å². The van der Waals surface area contributed by atoms with Gasteiger partial charge in [-0.15, -0.1) is 0 Å². The topological polar surface area (TPSA) is 82.0 Å². The maximum absolute atomic E-state index is 12.0. The lowest BCUT2D eigenvalue weighted by Crippen LogP contribution is -2.46. The van der Waals surface area contributed by atoms with Gasteiger partial charge < -0.3 is 10.6 Å². The summed E-state index contributed by atoms with van der Waals surface area (Å²) in [5, 5.41) is 14.4. The summed E-state index contributed by atoms with van der Waals surface area (Å²) in [6.45, 7) is 4.12. The molecule has 0 fully saturated rings. The highest BCUT2D eigenvalue weighted by atomic mass is 16.2. The third-order valence-electron chi connectivity index (χ3n) is 2.83. The molecule has 1 aromatic carbocycles. The van der Waals surface area contributed by atoms with Gasteiger partial charge in [-0.2, -0.15) is 5.26 Å². The van der Waals surface area contributed by atoms with Crippen LogP contribution in [0.3, 0.4) is 0 Å². The van der Waals surface area contributed by atoms with Gasteiger partial charge in [0.05, 0.1) is 6.07 Å². The third-order valence-corrected chi connectivity index (χ3v) is 2.83. The minimum atomic E-state index is -0.905. The van der Waals surface area contributed by atoms with E-state index in [2.05, 4.69) is 10.6 Å². The van der Waals surface area contributed by atoms with E-state index in [1.54, 1.807) is 31.2 Å². The second-order valence-corrected chi connectivity index (χ2v) is 4.49. The highest BCUT2D eigenvalue weighted by molar-refractivity contribution is 5.91. The van der Waals surface area contributed by atoms with Gasteiger partial charge in [0.1, 0.15) is 12.0 Å². The van der Waals surface area contributed by atoms with Gasteiger partial charge in [0.2, 0.25) is 11.8 Å². The summed E-state index contributed by atoms with van der Waals surface area (Å²) in [4.78, 5) is 23.7. The minimum Gasteiger partial charge on any atom is -0.354 e. The van der Waals surface area contributed by atoms with E-state index in [-0.39, 0.29) is 5.91 Å². The molecule has 20 heavy (non-hydrogen) atoms. The monoisotopic (exact) mass is 273 g/mol. The van der Waals surface area contributed by atoms with Gasteiger partial charge >= 0.3 is 0 Å². The number of nitriles is 1. The lowest BCUT2D eigenvalue weighted by molar-refractivity contribution is -0.128. The highest BCUT2D eigenvalue weighted by Gasteiger charge is 2.23. The van der Waals surface area contributed by atoms with E-state index < -0.39 is 17.9 Å². The number of hydrogen-bond acceptors (Lipinski definition) is 3. The summed E-state index contributed by atoms with van der Waals surface area (Å²) in [7, 11) is 0. The molecule has 0 saturated heterocycles. The molecule has 5 heteroatoms. The lowest BCUT2D eigenvalue weighted by atomic mass is 9.99. The molecule has 0 bridgehead atoms. The van der Waals surface area contributed by atoms with Gasteiger partial charge in [-0.05, 0) is 18.9 Å². The molecule has 0 radical (unpaired) electrons. The Hall–Kier alpha value is -2.35. The predicted octanol–water partition coefficient (Wildman–Crippen LogP) is 1.32. The number of benzene rings is 1. The van der Waals surface area contributed by atoms with Crippen LogP contribution in [0.25, 0.3) is 0 Å². The van der Waals surface area contributed by atoms with Crippen LogP contribution in [-0.4, -0.2) is 24.4 Å². The van der Waals surface area contributed by atoms with Crippen LogP contribution in [0.2, 0.25) is 0 Å². The Bertz CT molecular complexity index is 494. The van der Waals surface area contributed by atoms with Crippen molar-refractivity contribution in [2.75, 3.05) is 6.54 Å². The molecule has 5 nitrogen and oxygen atoms in total. The molecule has 2 amide bonds. The average molecular weight is 273 g/mol. The fraction of sp³-hybridized carbons (Fsp3) is 0.400. The van der Waals surface area contributed by atoms with E-state index in [1.165, 1.54) is 0 Å². The maximum Gasteiger partial charge on any atom is 0.242 e. The van der Waals surface area contributed by atoms with Crippen LogP contribution in [0.15, 0.2) is 30.3 Å². The fourth-order valence-corrected chi connectivity index (χ4v) is 1.69. The molecular weight excluding hydrogens is 254 g/mol. The lowest BCUT2D eigenvalue weighted by Gasteiger charge is -2.16. The molecule has 0 aliphatic heterocycles. The standard InChI is InChI=1S/C15H19N3O2/c1-3-9-17-14(19)11(2)18-15(20)13(10-16)12-7-5-4-6-8-12/h4-8,11,13H,3,9H2,1-2H3,(H,17,19)(H,18,20). The van der Waals surface area contributed by atoms with Crippen LogP contribution in [0.1, 0.15) is 31.7 Å². The molecule has 0 spiro atoms. The molecular formula is C15H19N3O2. The number of carbonyl (C=O) groups is 2. The summed E-state index contributed by atoms with van der Waals surface area (Å²) in [6.07, 6.45) is 0.831. The highest BCUT2D eigenvalue weighted by Crippen LogP contribution is 2.14. The number of hydrogen-bond donors (Lipinski definition) is 2. The molecule has 2 atom stereocenters. The van der Waals surface area contributed by atoms with Gasteiger partial charge in [-0.3, -0.25) is 9.59 Å². The van der Waals surface area contributed by atoms with E-state index in [0.717, 1.165) is 6.42 Å². The summed E-state index contributed by atoms with van der Waals surface area (Å²) in [6, 6.07) is 10.1. The Kier molecular flexibility index (Phi) is 6.24. The van der Waals surface area contributed by atoms with Gasteiger partial charge in [0, 0.05) is 6.54 Å².